The minimum Gasteiger partial charge on any atom is -0.305 e. The normalized spacial score (nSPS) is 10.5. The molecule has 0 radical (unpaired) electrons. The molecule has 0 spiro atoms. The van der Waals surface area contributed by atoms with Crippen molar-refractivity contribution in [1.29, 1.82) is 0 Å². The fourth-order valence-corrected chi connectivity index (χ4v) is 2.94. The zero-order valence-corrected chi connectivity index (χ0v) is 14.8. The largest absolute Gasteiger partial charge is 0.305 e. The van der Waals surface area contributed by atoms with E-state index in [9.17, 15) is 4.79 Å². The van der Waals surface area contributed by atoms with E-state index < -0.39 is 0 Å². The van der Waals surface area contributed by atoms with E-state index in [-0.39, 0.29) is 5.91 Å². The first kappa shape index (κ1) is 15.7. The Morgan fingerprint density at radius 1 is 1.13 bits per heavy atom. The van der Waals surface area contributed by atoms with Crippen molar-refractivity contribution in [2.24, 2.45) is 0 Å². The lowest BCUT2D eigenvalue weighted by Gasteiger charge is -2.06. The summed E-state index contributed by atoms with van der Waals surface area (Å²) in [5.74, 6) is 0.416. The summed E-state index contributed by atoms with van der Waals surface area (Å²) >= 11 is 2.16. The van der Waals surface area contributed by atoms with Gasteiger partial charge in [0.25, 0.3) is 5.91 Å². The van der Waals surface area contributed by atoms with E-state index >= 15 is 0 Å². The molecule has 1 N–H and O–H groups in total. The average molecular weight is 417 g/mol. The molecule has 0 fully saturated rings. The van der Waals surface area contributed by atoms with Crippen LogP contribution >= 0.6 is 22.6 Å². The van der Waals surface area contributed by atoms with E-state index in [0.29, 0.717) is 17.9 Å². The summed E-state index contributed by atoms with van der Waals surface area (Å²) < 4.78 is 2.75. The number of nitrogens with zero attached hydrogens (tertiary/aromatic N) is 2. The molecule has 23 heavy (non-hydrogen) atoms. The summed E-state index contributed by atoms with van der Waals surface area (Å²) in [6, 6.07) is 17.5. The van der Waals surface area contributed by atoms with Gasteiger partial charge in [-0.2, -0.15) is 5.10 Å². The predicted molar refractivity (Wildman–Crippen MR) is 99.6 cm³/mol. The molecule has 116 valence electrons. The van der Waals surface area contributed by atoms with Crippen LogP contribution in [0.4, 0.5) is 5.82 Å². The van der Waals surface area contributed by atoms with E-state index in [2.05, 4.69) is 52.1 Å². The zero-order chi connectivity index (χ0) is 16.2. The summed E-state index contributed by atoms with van der Waals surface area (Å²) in [5, 5.41) is 7.27. The minimum absolute atomic E-state index is 0.142. The summed E-state index contributed by atoms with van der Waals surface area (Å²) in [6.45, 7) is 2.77. The van der Waals surface area contributed by atoms with Crippen LogP contribution in [-0.4, -0.2) is 15.7 Å². The van der Waals surface area contributed by atoms with Crippen molar-refractivity contribution < 1.29 is 4.79 Å². The molecular weight excluding hydrogens is 401 g/mol. The fraction of sp³-hybridized carbons (Fsp3) is 0.111. The average Bonchev–Trinajstić information content (AvgIpc) is 2.97. The highest BCUT2D eigenvalue weighted by atomic mass is 127. The number of carbonyl (C=O) groups is 1. The first-order chi connectivity index (χ1) is 11.1. The zero-order valence-electron chi connectivity index (χ0n) is 12.7. The van der Waals surface area contributed by atoms with Crippen molar-refractivity contribution in [3.05, 3.63) is 81.1 Å². The molecule has 0 aliphatic heterocycles. The number of halogens is 1. The van der Waals surface area contributed by atoms with Crippen LogP contribution < -0.4 is 5.32 Å². The monoisotopic (exact) mass is 417 g/mol. The molecule has 2 aromatic carbocycles. The Kier molecular flexibility index (Phi) is 4.76. The van der Waals surface area contributed by atoms with Gasteiger partial charge < -0.3 is 5.32 Å². The molecule has 0 bridgehead atoms. The lowest BCUT2D eigenvalue weighted by Crippen LogP contribution is -2.14. The Labute approximate surface area is 148 Å². The van der Waals surface area contributed by atoms with Gasteiger partial charge in [0.2, 0.25) is 0 Å². The van der Waals surface area contributed by atoms with Gasteiger partial charge in [-0.25, -0.2) is 0 Å². The molecule has 4 nitrogen and oxygen atoms in total. The molecule has 0 atom stereocenters. The van der Waals surface area contributed by atoms with E-state index in [1.807, 2.05) is 47.3 Å². The highest BCUT2D eigenvalue weighted by Gasteiger charge is 2.11. The van der Waals surface area contributed by atoms with Gasteiger partial charge in [-0.05, 0) is 52.8 Å². The first-order valence-electron chi connectivity index (χ1n) is 7.27. The van der Waals surface area contributed by atoms with Gasteiger partial charge in [-0.3, -0.25) is 9.48 Å². The Morgan fingerprint density at radius 3 is 2.65 bits per heavy atom. The molecule has 5 heteroatoms. The van der Waals surface area contributed by atoms with Gasteiger partial charge in [0, 0.05) is 15.8 Å². The van der Waals surface area contributed by atoms with Crippen LogP contribution in [0.15, 0.2) is 60.8 Å². The minimum atomic E-state index is -0.142. The molecule has 1 amide bonds. The quantitative estimate of drug-likeness (QED) is 0.650. The molecule has 0 saturated carbocycles. The number of carbonyl (C=O) groups excluding carboxylic acids is 1. The molecular formula is C18H16IN3O. The van der Waals surface area contributed by atoms with Gasteiger partial charge in [-0.15, -0.1) is 0 Å². The second kappa shape index (κ2) is 6.95. The Balaban J connectivity index is 1.72. The fourth-order valence-electron chi connectivity index (χ4n) is 2.31. The standard InChI is InChI=1S/C18H16IN3O/c1-13-6-2-3-7-14(13)12-22-11-10-17(21-22)20-18(23)15-8-4-5-9-16(15)19/h2-11H,12H2,1H3,(H,20,21,23). The van der Waals surface area contributed by atoms with E-state index in [1.165, 1.54) is 11.1 Å². The van der Waals surface area contributed by atoms with Crippen LogP contribution in [-0.2, 0) is 6.54 Å². The second-order valence-corrected chi connectivity index (χ2v) is 6.42. The lowest BCUT2D eigenvalue weighted by molar-refractivity contribution is 0.102. The van der Waals surface area contributed by atoms with Crippen LogP contribution in [0.2, 0.25) is 0 Å². The topological polar surface area (TPSA) is 46.9 Å². The van der Waals surface area contributed by atoms with Gasteiger partial charge in [-0.1, -0.05) is 36.4 Å². The van der Waals surface area contributed by atoms with Crippen LogP contribution in [0.25, 0.3) is 0 Å². The maximum Gasteiger partial charge on any atom is 0.257 e. The summed E-state index contributed by atoms with van der Waals surface area (Å²) in [7, 11) is 0. The highest BCUT2D eigenvalue weighted by molar-refractivity contribution is 14.1. The first-order valence-corrected chi connectivity index (χ1v) is 8.35. The van der Waals surface area contributed by atoms with Gasteiger partial charge in [0.05, 0.1) is 12.1 Å². The van der Waals surface area contributed by atoms with Crippen LogP contribution in [0.1, 0.15) is 21.5 Å². The number of anilines is 1. The number of nitrogens with one attached hydrogen (secondary N) is 1. The Hall–Kier alpha value is -2.15. The molecule has 1 heterocycles. The van der Waals surface area contributed by atoms with E-state index in [4.69, 9.17) is 0 Å². The molecule has 1 aromatic heterocycles. The smallest absolute Gasteiger partial charge is 0.257 e. The van der Waals surface area contributed by atoms with Crippen molar-refractivity contribution >= 4 is 34.3 Å². The number of rotatable bonds is 4. The third kappa shape index (κ3) is 3.79. The third-order valence-corrected chi connectivity index (χ3v) is 4.54. The number of aryl methyl sites for hydroxylation is 1. The van der Waals surface area contributed by atoms with Gasteiger partial charge in [0.15, 0.2) is 5.82 Å². The third-order valence-electron chi connectivity index (χ3n) is 3.59. The van der Waals surface area contributed by atoms with Crippen molar-refractivity contribution in [2.75, 3.05) is 5.32 Å². The Bertz CT molecular complexity index is 842. The van der Waals surface area contributed by atoms with Crippen molar-refractivity contribution in [3.63, 3.8) is 0 Å². The van der Waals surface area contributed by atoms with Crippen molar-refractivity contribution in [3.8, 4) is 0 Å². The molecule has 0 saturated heterocycles. The molecule has 0 aliphatic carbocycles. The molecule has 3 rings (SSSR count). The highest BCUT2D eigenvalue weighted by Crippen LogP contribution is 2.14. The van der Waals surface area contributed by atoms with E-state index in [0.717, 1.165) is 3.57 Å². The van der Waals surface area contributed by atoms with E-state index in [1.54, 1.807) is 6.07 Å². The predicted octanol–water partition coefficient (Wildman–Crippen LogP) is 4.10. The molecule has 0 aliphatic rings. The van der Waals surface area contributed by atoms with Crippen LogP contribution in [0.5, 0.6) is 0 Å². The SMILES string of the molecule is Cc1ccccc1Cn1ccc(NC(=O)c2ccccc2I)n1. The van der Waals surface area contributed by atoms with Crippen molar-refractivity contribution in [1.82, 2.24) is 9.78 Å². The Morgan fingerprint density at radius 2 is 1.87 bits per heavy atom. The van der Waals surface area contributed by atoms with Crippen molar-refractivity contribution in [2.45, 2.75) is 13.5 Å². The number of hydrogen-bond donors (Lipinski definition) is 1. The number of benzene rings is 2. The number of hydrogen-bond acceptors (Lipinski definition) is 2. The maximum atomic E-state index is 12.3. The van der Waals surface area contributed by atoms with Gasteiger partial charge in [0.1, 0.15) is 0 Å². The summed E-state index contributed by atoms with van der Waals surface area (Å²) in [4.78, 5) is 12.3. The maximum absolute atomic E-state index is 12.3. The number of amides is 1. The molecule has 3 aromatic rings. The lowest BCUT2D eigenvalue weighted by atomic mass is 10.1. The van der Waals surface area contributed by atoms with Gasteiger partial charge >= 0.3 is 0 Å². The van der Waals surface area contributed by atoms with Crippen LogP contribution in [0, 0.1) is 10.5 Å². The summed E-state index contributed by atoms with van der Waals surface area (Å²) in [6.07, 6.45) is 1.87. The number of aromatic nitrogens is 2. The second-order valence-electron chi connectivity index (χ2n) is 5.26. The summed E-state index contributed by atoms with van der Waals surface area (Å²) in [5.41, 5.74) is 3.10. The van der Waals surface area contributed by atoms with Crippen LogP contribution in [0.3, 0.4) is 0 Å². The molecule has 0 unspecified atom stereocenters.